The number of carbonyl (C=O) groups is 1. The zero-order valence-corrected chi connectivity index (χ0v) is 16.6. The minimum Gasteiger partial charge on any atom is -0.459 e. The van der Waals surface area contributed by atoms with Crippen molar-refractivity contribution < 1.29 is 9.21 Å². The lowest BCUT2D eigenvalue weighted by atomic mass is 9.74. The fourth-order valence-electron chi connectivity index (χ4n) is 4.97. The Balaban J connectivity index is 1.27. The number of piperidine rings is 3. The van der Waals surface area contributed by atoms with Gasteiger partial charge in [-0.2, -0.15) is 5.10 Å². The number of hydrogen-bond acceptors (Lipinski definition) is 4. The zero-order chi connectivity index (χ0) is 19.8. The minimum absolute atomic E-state index is 0.131. The topological polar surface area (TPSA) is 63.3 Å². The van der Waals surface area contributed by atoms with E-state index < -0.39 is 0 Å². The largest absolute Gasteiger partial charge is 0.459 e. The number of aromatic nitrogens is 2. The molecule has 0 spiro atoms. The summed E-state index contributed by atoms with van der Waals surface area (Å²) in [4.78, 5) is 14.7. The van der Waals surface area contributed by atoms with Crippen molar-refractivity contribution in [2.24, 2.45) is 13.0 Å². The van der Waals surface area contributed by atoms with Crippen LogP contribution in [0.3, 0.4) is 0 Å². The van der Waals surface area contributed by atoms with Crippen LogP contribution >= 0.6 is 0 Å². The number of aryl methyl sites for hydroxylation is 1. The highest BCUT2D eigenvalue weighted by Gasteiger charge is 2.41. The fourth-order valence-corrected chi connectivity index (χ4v) is 4.97. The van der Waals surface area contributed by atoms with Gasteiger partial charge in [0.05, 0.1) is 12.0 Å². The summed E-state index contributed by atoms with van der Waals surface area (Å²) in [5, 5.41) is 7.82. The van der Waals surface area contributed by atoms with E-state index in [4.69, 9.17) is 9.52 Å². The maximum absolute atomic E-state index is 12.2. The molecule has 5 heterocycles. The van der Waals surface area contributed by atoms with E-state index >= 15 is 0 Å². The van der Waals surface area contributed by atoms with Crippen LogP contribution in [0.15, 0.2) is 59.2 Å². The van der Waals surface area contributed by atoms with Crippen molar-refractivity contribution in [3.8, 4) is 11.3 Å². The van der Waals surface area contributed by atoms with Gasteiger partial charge < -0.3 is 9.73 Å². The summed E-state index contributed by atoms with van der Waals surface area (Å²) in [6, 6.07) is 16.5. The van der Waals surface area contributed by atoms with Crippen LogP contribution in [0.25, 0.3) is 11.3 Å². The minimum atomic E-state index is -0.131. The van der Waals surface area contributed by atoms with Gasteiger partial charge in [0.15, 0.2) is 5.76 Å². The van der Waals surface area contributed by atoms with Crippen molar-refractivity contribution in [1.82, 2.24) is 20.0 Å². The number of amides is 1. The van der Waals surface area contributed by atoms with Crippen LogP contribution in [0, 0.1) is 5.92 Å². The highest BCUT2D eigenvalue weighted by molar-refractivity contribution is 5.91. The first-order valence-electron chi connectivity index (χ1n) is 10.3. The molecule has 1 N–H and O–H groups in total. The Morgan fingerprint density at radius 3 is 2.83 bits per heavy atom. The third-order valence-electron chi connectivity index (χ3n) is 6.49. The van der Waals surface area contributed by atoms with Gasteiger partial charge in [-0.3, -0.25) is 14.4 Å². The summed E-state index contributed by atoms with van der Waals surface area (Å²) in [6.07, 6.45) is 3.84. The van der Waals surface area contributed by atoms with E-state index in [1.165, 1.54) is 18.4 Å². The van der Waals surface area contributed by atoms with Crippen LogP contribution < -0.4 is 5.32 Å². The molecule has 0 saturated carbocycles. The average molecular weight is 390 g/mol. The maximum Gasteiger partial charge on any atom is 0.287 e. The monoisotopic (exact) mass is 390 g/mol. The van der Waals surface area contributed by atoms with Gasteiger partial charge in [-0.05, 0) is 43.5 Å². The molecule has 6 heteroatoms. The van der Waals surface area contributed by atoms with Crippen molar-refractivity contribution >= 4 is 5.91 Å². The fraction of sp³-hybridized carbons (Fsp3) is 0.391. The molecule has 0 radical (unpaired) electrons. The molecule has 3 saturated heterocycles. The molecule has 29 heavy (non-hydrogen) atoms. The number of furan rings is 1. The van der Waals surface area contributed by atoms with E-state index in [0.29, 0.717) is 30.2 Å². The Morgan fingerprint density at radius 1 is 1.24 bits per heavy atom. The Hall–Kier alpha value is -2.86. The van der Waals surface area contributed by atoms with E-state index in [-0.39, 0.29) is 5.91 Å². The third kappa shape index (κ3) is 3.49. The summed E-state index contributed by atoms with van der Waals surface area (Å²) in [7, 11) is 2.06. The lowest BCUT2D eigenvalue weighted by molar-refractivity contribution is 0.0278. The Morgan fingerprint density at radius 2 is 2.10 bits per heavy atom. The second kappa shape index (κ2) is 7.52. The second-order valence-corrected chi connectivity index (χ2v) is 8.17. The van der Waals surface area contributed by atoms with E-state index in [0.717, 1.165) is 30.8 Å². The number of hydrogen-bond donors (Lipinski definition) is 1. The van der Waals surface area contributed by atoms with Crippen LogP contribution in [0.4, 0.5) is 0 Å². The van der Waals surface area contributed by atoms with Gasteiger partial charge in [0.1, 0.15) is 0 Å². The molecule has 4 atom stereocenters. The Labute approximate surface area is 170 Å². The lowest BCUT2D eigenvalue weighted by Gasteiger charge is -2.49. The molecule has 1 amide bonds. The van der Waals surface area contributed by atoms with E-state index in [2.05, 4.69) is 52.3 Å². The van der Waals surface area contributed by atoms with Crippen LogP contribution in [0.5, 0.6) is 0 Å². The van der Waals surface area contributed by atoms with E-state index in [1.54, 1.807) is 12.1 Å². The molecular formula is C23H26N4O2. The summed E-state index contributed by atoms with van der Waals surface area (Å²) >= 11 is 0. The molecular weight excluding hydrogens is 364 g/mol. The first-order valence-corrected chi connectivity index (χ1v) is 10.3. The Kier molecular flexibility index (Phi) is 4.72. The number of nitrogens with zero attached hydrogens (tertiary/aromatic N) is 3. The van der Waals surface area contributed by atoms with Crippen LogP contribution in [0.1, 0.15) is 35.0 Å². The van der Waals surface area contributed by atoms with Gasteiger partial charge in [0, 0.05) is 43.4 Å². The van der Waals surface area contributed by atoms with Gasteiger partial charge in [0.25, 0.3) is 5.91 Å². The summed E-state index contributed by atoms with van der Waals surface area (Å²) < 4.78 is 7.25. The average Bonchev–Trinajstić information content (AvgIpc) is 3.43. The SMILES string of the molecule is Cn1nc(-c2ccccc2)cc1[C@@H]1CN2CC[C@H]1C[C@@H]2CNC(=O)c1ccco1. The van der Waals surface area contributed by atoms with E-state index in [9.17, 15) is 4.79 Å². The zero-order valence-electron chi connectivity index (χ0n) is 16.6. The van der Waals surface area contributed by atoms with Crippen LogP contribution in [-0.4, -0.2) is 46.3 Å². The molecule has 2 bridgehead atoms. The smallest absolute Gasteiger partial charge is 0.287 e. The Bertz CT molecular complexity index is 980. The van der Waals surface area contributed by atoms with Crippen molar-refractivity contribution in [3.63, 3.8) is 0 Å². The van der Waals surface area contributed by atoms with Crippen molar-refractivity contribution in [1.29, 1.82) is 0 Å². The molecule has 2 aromatic heterocycles. The molecule has 6 rings (SSSR count). The number of benzene rings is 1. The molecule has 6 nitrogen and oxygen atoms in total. The molecule has 1 aromatic carbocycles. The quantitative estimate of drug-likeness (QED) is 0.726. The van der Waals surface area contributed by atoms with Gasteiger partial charge >= 0.3 is 0 Å². The predicted molar refractivity (Wildman–Crippen MR) is 111 cm³/mol. The molecule has 1 unspecified atom stereocenters. The molecule has 3 aromatic rings. The summed E-state index contributed by atoms with van der Waals surface area (Å²) in [5.41, 5.74) is 3.52. The predicted octanol–water partition coefficient (Wildman–Crippen LogP) is 3.29. The highest BCUT2D eigenvalue weighted by atomic mass is 16.3. The van der Waals surface area contributed by atoms with Crippen molar-refractivity contribution in [2.75, 3.05) is 19.6 Å². The number of nitrogens with one attached hydrogen (secondary N) is 1. The van der Waals surface area contributed by atoms with Crippen molar-refractivity contribution in [3.05, 3.63) is 66.2 Å². The summed E-state index contributed by atoms with van der Waals surface area (Å²) in [6.45, 7) is 2.80. The van der Waals surface area contributed by atoms with Gasteiger partial charge in [0.2, 0.25) is 0 Å². The van der Waals surface area contributed by atoms with Gasteiger partial charge in [-0.1, -0.05) is 30.3 Å². The normalized spacial score (nSPS) is 25.8. The molecule has 0 aliphatic carbocycles. The molecule has 3 aliphatic rings. The van der Waals surface area contributed by atoms with Crippen molar-refractivity contribution in [2.45, 2.75) is 24.8 Å². The van der Waals surface area contributed by atoms with Crippen LogP contribution in [-0.2, 0) is 7.05 Å². The lowest BCUT2D eigenvalue weighted by Crippen LogP contribution is -2.56. The van der Waals surface area contributed by atoms with Gasteiger partial charge in [-0.25, -0.2) is 0 Å². The molecule has 3 aliphatic heterocycles. The first kappa shape index (κ1) is 18.2. The number of rotatable bonds is 5. The molecule has 150 valence electrons. The van der Waals surface area contributed by atoms with Gasteiger partial charge in [-0.15, -0.1) is 0 Å². The second-order valence-electron chi connectivity index (χ2n) is 8.17. The number of carbonyl (C=O) groups excluding carboxylic acids is 1. The standard InChI is InChI=1S/C23H26N4O2/c1-26-21(13-20(25-26)16-6-3-2-4-7-16)19-15-27-10-9-17(19)12-18(27)14-24-23(28)22-8-5-11-29-22/h2-8,11,13,17-19H,9-10,12,14-15H2,1H3,(H,24,28)/t17-,18+,19+/m0/s1. The highest BCUT2D eigenvalue weighted by Crippen LogP contribution is 2.42. The summed E-state index contributed by atoms with van der Waals surface area (Å²) in [5.74, 6) is 1.37. The molecule has 3 fully saturated rings. The van der Waals surface area contributed by atoms with Crippen LogP contribution in [0.2, 0.25) is 0 Å². The first-order chi connectivity index (χ1) is 14.2. The maximum atomic E-state index is 12.2. The van der Waals surface area contributed by atoms with E-state index in [1.807, 2.05) is 6.07 Å². The number of fused-ring (bicyclic) bond motifs is 3. The third-order valence-corrected chi connectivity index (χ3v) is 6.49.